The molecule has 1 aromatic heterocycles. The van der Waals surface area contributed by atoms with Crippen LogP contribution in [0.2, 0.25) is 5.02 Å². The zero-order valence-electron chi connectivity index (χ0n) is 20.3. The van der Waals surface area contributed by atoms with Gasteiger partial charge in [0.1, 0.15) is 17.3 Å². The average molecular weight is 492 g/mol. The summed E-state index contributed by atoms with van der Waals surface area (Å²) >= 11 is 6.73. The molecule has 35 heavy (non-hydrogen) atoms. The number of fused-ring (bicyclic) bond motifs is 1. The van der Waals surface area contributed by atoms with Gasteiger partial charge in [0.05, 0.1) is 28.8 Å². The molecule has 0 fully saturated rings. The molecular weight excluding hydrogens is 462 g/mol. The highest BCUT2D eigenvalue weighted by atomic mass is 35.5. The fraction of sp³-hybridized carbons (Fsp3) is 0.286. The summed E-state index contributed by atoms with van der Waals surface area (Å²) in [5, 5.41) is 3.32. The molecule has 7 heteroatoms. The number of aromatic nitrogens is 2. The SMILES string of the molecule is CC(=O)NCCCOc1ccc(-c2nc3cc(OC(C)C)ccc3n2Cc2ccccc2)c(Cl)c1. The van der Waals surface area contributed by atoms with Crippen LogP contribution in [0.1, 0.15) is 32.8 Å². The second-order valence-corrected chi connectivity index (χ2v) is 9.06. The van der Waals surface area contributed by atoms with Crippen LogP contribution in [0.4, 0.5) is 0 Å². The van der Waals surface area contributed by atoms with Crippen molar-refractivity contribution in [2.45, 2.75) is 39.8 Å². The van der Waals surface area contributed by atoms with Gasteiger partial charge in [-0.1, -0.05) is 41.9 Å². The lowest BCUT2D eigenvalue weighted by Crippen LogP contribution is -2.22. The smallest absolute Gasteiger partial charge is 0.216 e. The fourth-order valence-corrected chi connectivity index (χ4v) is 4.14. The number of ether oxygens (including phenoxy) is 2. The molecule has 0 atom stereocenters. The minimum absolute atomic E-state index is 0.0429. The molecule has 0 radical (unpaired) electrons. The first-order chi connectivity index (χ1) is 16.9. The normalized spacial score (nSPS) is 11.1. The number of imidazole rings is 1. The van der Waals surface area contributed by atoms with E-state index in [0.717, 1.165) is 28.2 Å². The van der Waals surface area contributed by atoms with Gasteiger partial charge in [-0.3, -0.25) is 4.79 Å². The van der Waals surface area contributed by atoms with Crippen LogP contribution in [0.5, 0.6) is 11.5 Å². The van der Waals surface area contributed by atoms with Crippen LogP contribution in [-0.2, 0) is 11.3 Å². The zero-order valence-corrected chi connectivity index (χ0v) is 21.0. The number of carbonyl (C=O) groups is 1. The molecule has 0 aliphatic rings. The van der Waals surface area contributed by atoms with Crippen molar-refractivity contribution in [2.24, 2.45) is 0 Å². The summed E-state index contributed by atoms with van der Waals surface area (Å²) in [6.07, 6.45) is 0.797. The third-order valence-electron chi connectivity index (χ3n) is 5.42. The van der Waals surface area contributed by atoms with Gasteiger partial charge < -0.3 is 19.4 Å². The second kappa shape index (κ2) is 11.3. The Kier molecular flexibility index (Phi) is 7.93. The number of carbonyl (C=O) groups excluding carboxylic acids is 1. The van der Waals surface area contributed by atoms with Crippen molar-refractivity contribution >= 4 is 28.5 Å². The second-order valence-electron chi connectivity index (χ2n) is 8.65. The lowest BCUT2D eigenvalue weighted by molar-refractivity contribution is -0.118. The van der Waals surface area contributed by atoms with Crippen molar-refractivity contribution in [1.82, 2.24) is 14.9 Å². The summed E-state index contributed by atoms with van der Waals surface area (Å²) in [7, 11) is 0. The first kappa shape index (κ1) is 24.6. The Balaban J connectivity index is 1.64. The van der Waals surface area contributed by atoms with Crippen molar-refractivity contribution in [3.05, 3.63) is 77.3 Å². The van der Waals surface area contributed by atoms with Crippen molar-refractivity contribution < 1.29 is 14.3 Å². The number of hydrogen-bond acceptors (Lipinski definition) is 4. The van der Waals surface area contributed by atoms with Crippen LogP contribution < -0.4 is 14.8 Å². The summed E-state index contributed by atoms with van der Waals surface area (Å²) < 4.78 is 13.9. The van der Waals surface area contributed by atoms with E-state index in [-0.39, 0.29) is 12.0 Å². The van der Waals surface area contributed by atoms with Gasteiger partial charge in [-0.15, -0.1) is 0 Å². The molecular formula is C28H30ClN3O3. The number of halogens is 1. The quantitative estimate of drug-likeness (QED) is 0.272. The Bertz CT molecular complexity index is 1300. The summed E-state index contributed by atoms with van der Waals surface area (Å²) in [4.78, 5) is 15.9. The molecule has 182 valence electrons. The molecule has 0 bridgehead atoms. The Morgan fingerprint density at radius 3 is 2.54 bits per heavy atom. The number of nitrogens with zero attached hydrogens (tertiary/aromatic N) is 2. The van der Waals surface area contributed by atoms with E-state index >= 15 is 0 Å². The molecule has 0 unspecified atom stereocenters. The first-order valence-electron chi connectivity index (χ1n) is 11.8. The van der Waals surface area contributed by atoms with Gasteiger partial charge >= 0.3 is 0 Å². The molecule has 0 spiro atoms. The molecule has 1 heterocycles. The van der Waals surface area contributed by atoms with E-state index in [4.69, 9.17) is 26.1 Å². The van der Waals surface area contributed by atoms with E-state index in [0.29, 0.717) is 36.9 Å². The highest BCUT2D eigenvalue weighted by Crippen LogP contribution is 2.34. The van der Waals surface area contributed by atoms with E-state index in [1.165, 1.54) is 12.5 Å². The third kappa shape index (κ3) is 6.34. The summed E-state index contributed by atoms with van der Waals surface area (Å²) in [5.74, 6) is 2.21. The third-order valence-corrected chi connectivity index (χ3v) is 5.73. The maximum absolute atomic E-state index is 11.0. The van der Waals surface area contributed by atoms with E-state index in [9.17, 15) is 4.79 Å². The van der Waals surface area contributed by atoms with Crippen molar-refractivity contribution in [3.8, 4) is 22.9 Å². The van der Waals surface area contributed by atoms with E-state index in [2.05, 4.69) is 22.0 Å². The molecule has 0 aliphatic heterocycles. The number of amides is 1. The Morgan fingerprint density at radius 2 is 1.83 bits per heavy atom. The Hall–Kier alpha value is -3.51. The summed E-state index contributed by atoms with van der Waals surface area (Å²) in [5.41, 5.74) is 3.86. The molecule has 4 aromatic rings. The molecule has 0 aliphatic carbocycles. The largest absolute Gasteiger partial charge is 0.493 e. The minimum atomic E-state index is -0.0429. The van der Waals surface area contributed by atoms with Crippen molar-refractivity contribution in [2.75, 3.05) is 13.2 Å². The van der Waals surface area contributed by atoms with Crippen molar-refractivity contribution in [3.63, 3.8) is 0 Å². The van der Waals surface area contributed by atoms with E-state index in [1.54, 1.807) is 0 Å². The highest BCUT2D eigenvalue weighted by Gasteiger charge is 2.17. The Morgan fingerprint density at radius 1 is 1.06 bits per heavy atom. The van der Waals surface area contributed by atoms with Crippen LogP contribution in [0.15, 0.2) is 66.7 Å². The summed E-state index contributed by atoms with van der Waals surface area (Å²) in [6, 6.07) is 22.0. The predicted octanol–water partition coefficient (Wildman–Crippen LogP) is 6.10. The van der Waals surface area contributed by atoms with Gasteiger partial charge in [-0.25, -0.2) is 4.98 Å². The highest BCUT2D eigenvalue weighted by molar-refractivity contribution is 6.33. The lowest BCUT2D eigenvalue weighted by Gasteiger charge is -2.13. The van der Waals surface area contributed by atoms with E-state index in [1.807, 2.05) is 68.4 Å². The summed E-state index contributed by atoms with van der Waals surface area (Å²) in [6.45, 7) is 7.24. The van der Waals surface area contributed by atoms with Gasteiger partial charge in [0.25, 0.3) is 0 Å². The van der Waals surface area contributed by atoms with Crippen LogP contribution >= 0.6 is 11.6 Å². The number of rotatable bonds is 10. The van der Waals surface area contributed by atoms with Gasteiger partial charge in [0, 0.05) is 31.6 Å². The lowest BCUT2D eigenvalue weighted by atomic mass is 10.2. The molecule has 3 aromatic carbocycles. The zero-order chi connectivity index (χ0) is 24.8. The van der Waals surface area contributed by atoms with Crippen LogP contribution in [-0.4, -0.2) is 34.7 Å². The predicted molar refractivity (Wildman–Crippen MR) is 140 cm³/mol. The molecule has 1 amide bonds. The standard InChI is InChI=1S/C28H30ClN3O3/c1-19(2)35-23-11-13-27-26(17-23)31-28(32(27)18-21-8-5-4-6-9-21)24-12-10-22(16-25(24)29)34-15-7-14-30-20(3)33/h4-6,8-13,16-17,19H,7,14-15,18H2,1-3H3,(H,30,33). The topological polar surface area (TPSA) is 65.4 Å². The van der Waals surface area contributed by atoms with Crippen LogP contribution in [0, 0.1) is 0 Å². The van der Waals surface area contributed by atoms with E-state index < -0.39 is 0 Å². The van der Waals surface area contributed by atoms with Crippen molar-refractivity contribution in [1.29, 1.82) is 0 Å². The molecule has 4 rings (SSSR count). The minimum Gasteiger partial charge on any atom is -0.493 e. The number of benzene rings is 3. The van der Waals surface area contributed by atoms with Gasteiger partial charge in [0.15, 0.2) is 0 Å². The molecule has 6 nitrogen and oxygen atoms in total. The maximum Gasteiger partial charge on any atom is 0.216 e. The molecule has 0 saturated heterocycles. The first-order valence-corrected chi connectivity index (χ1v) is 12.2. The van der Waals surface area contributed by atoms with Crippen LogP contribution in [0.3, 0.4) is 0 Å². The number of nitrogens with one attached hydrogen (secondary N) is 1. The number of hydrogen-bond donors (Lipinski definition) is 1. The fourth-order valence-electron chi connectivity index (χ4n) is 3.88. The van der Waals surface area contributed by atoms with Gasteiger partial charge in [-0.05, 0) is 56.2 Å². The van der Waals surface area contributed by atoms with Gasteiger partial charge in [0.2, 0.25) is 5.91 Å². The average Bonchev–Trinajstić information content (AvgIpc) is 3.16. The monoisotopic (exact) mass is 491 g/mol. The molecule has 1 N–H and O–H groups in total. The molecule has 0 saturated carbocycles. The Labute approximate surface area is 210 Å². The van der Waals surface area contributed by atoms with Crippen LogP contribution in [0.25, 0.3) is 22.4 Å². The maximum atomic E-state index is 11.0. The van der Waals surface area contributed by atoms with Gasteiger partial charge in [-0.2, -0.15) is 0 Å².